The van der Waals surface area contributed by atoms with Crippen molar-refractivity contribution in [1.82, 2.24) is 4.98 Å². The lowest BCUT2D eigenvalue weighted by Crippen LogP contribution is -2.12. The van der Waals surface area contributed by atoms with E-state index >= 15 is 0 Å². The molecule has 0 spiro atoms. The van der Waals surface area contributed by atoms with Crippen LogP contribution in [-0.2, 0) is 0 Å². The van der Waals surface area contributed by atoms with Crippen molar-refractivity contribution in [2.75, 3.05) is 12.4 Å². The van der Waals surface area contributed by atoms with E-state index < -0.39 is 0 Å². The number of carbonyl (C=O) groups excluding carboxylic acids is 1. The number of aryl methyl sites for hydroxylation is 2. The maximum Gasteiger partial charge on any atom is 0.291 e. The van der Waals surface area contributed by atoms with Crippen molar-refractivity contribution >= 4 is 33.9 Å². The number of fused-ring (bicyclic) bond motifs is 1. The van der Waals surface area contributed by atoms with Crippen LogP contribution in [0.2, 0.25) is 0 Å². The number of anilines is 1. The predicted molar refractivity (Wildman–Crippen MR) is 108 cm³/mol. The number of furan rings is 1. The van der Waals surface area contributed by atoms with Gasteiger partial charge in [0, 0.05) is 27.6 Å². The summed E-state index contributed by atoms with van der Waals surface area (Å²) >= 11 is 1.62. The molecule has 0 unspecified atom stereocenters. The van der Waals surface area contributed by atoms with Crippen LogP contribution in [-0.4, -0.2) is 18.0 Å². The van der Waals surface area contributed by atoms with Crippen molar-refractivity contribution in [2.45, 2.75) is 13.8 Å². The number of nitrogens with zero attached hydrogens (tertiary/aromatic N) is 1. The molecule has 0 aliphatic heterocycles. The summed E-state index contributed by atoms with van der Waals surface area (Å²) in [5.41, 5.74) is 4.11. The van der Waals surface area contributed by atoms with E-state index in [1.165, 1.54) is 0 Å². The molecule has 1 amide bonds. The monoisotopic (exact) mass is 378 g/mol. The smallest absolute Gasteiger partial charge is 0.291 e. The van der Waals surface area contributed by atoms with Crippen LogP contribution in [0.15, 0.2) is 52.3 Å². The van der Waals surface area contributed by atoms with Gasteiger partial charge in [0.15, 0.2) is 5.76 Å². The van der Waals surface area contributed by atoms with Crippen molar-refractivity contribution in [1.29, 1.82) is 0 Å². The lowest BCUT2D eigenvalue weighted by atomic mass is 10.1. The Balaban J connectivity index is 1.57. The number of hydrogen-bond acceptors (Lipinski definition) is 5. The second kappa shape index (κ2) is 6.89. The molecule has 0 bridgehead atoms. The van der Waals surface area contributed by atoms with E-state index in [-0.39, 0.29) is 5.91 Å². The van der Waals surface area contributed by atoms with Crippen LogP contribution in [0.4, 0.5) is 5.69 Å². The minimum Gasteiger partial charge on any atom is -0.497 e. The Hall–Kier alpha value is -3.12. The molecule has 0 atom stereocenters. The van der Waals surface area contributed by atoms with Gasteiger partial charge >= 0.3 is 0 Å². The number of carbonyl (C=O) groups is 1. The van der Waals surface area contributed by atoms with E-state index in [0.29, 0.717) is 17.0 Å². The first kappa shape index (κ1) is 17.3. The van der Waals surface area contributed by atoms with Gasteiger partial charge in [0.05, 0.1) is 17.8 Å². The van der Waals surface area contributed by atoms with Gasteiger partial charge in [-0.3, -0.25) is 4.79 Å². The van der Waals surface area contributed by atoms with Crippen LogP contribution < -0.4 is 10.1 Å². The highest BCUT2D eigenvalue weighted by Gasteiger charge is 2.18. The summed E-state index contributed by atoms with van der Waals surface area (Å²) in [5.74, 6) is 0.753. The van der Waals surface area contributed by atoms with Gasteiger partial charge < -0.3 is 14.5 Å². The molecule has 2 aromatic heterocycles. The molecule has 6 heteroatoms. The largest absolute Gasteiger partial charge is 0.497 e. The summed E-state index contributed by atoms with van der Waals surface area (Å²) < 4.78 is 11.0. The summed E-state index contributed by atoms with van der Waals surface area (Å²) in [5, 5.41) is 6.81. The SMILES string of the molecule is COc1ccc2oc(C(=O)Nc3ccc(-c4csc(C)n4)cc3)c(C)c2c1. The molecule has 2 aromatic carbocycles. The van der Waals surface area contributed by atoms with E-state index in [1.54, 1.807) is 18.4 Å². The zero-order chi connectivity index (χ0) is 19.0. The number of nitrogens with one attached hydrogen (secondary N) is 1. The molecule has 0 aliphatic carbocycles. The van der Waals surface area contributed by atoms with E-state index in [0.717, 1.165) is 33.0 Å². The van der Waals surface area contributed by atoms with Crippen molar-refractivity contribution in [3.05, 3.63) is 64.2 Å². The van der Waals surface area contributed by atoms with E-state index in [1.807, 2.05) is 61.7 Å². The number of benzene rings is 2. The average Bonchev–Trinajstić information content (AvgIpc) is 3.26. The van der Waals surface area contributed by atoms with E-state index in [2.05, 4.69) is 10.3 Å². The van der Waals surface area contributed by atoms with Gasteiger partial charge in [-0.25, -0.2) is 4.98 Å². The number of amides is 1. The van der Waals surface area contributed by atoms with Crippen LogP contribution in [0, 0.1) is 13.8 Å². The molecule has 0 aliphatic rings. The highest BCUT2D eigenvalue weighted by molar-refractivity contribution is 7.09. The molecule has 4 aromatic rings. The fraction of sp³-hybridized carbons (Fsp3) is 0.143. The van der Waals surface area contributed by atoms with Gasteiger partial charge in [0.1, 0.15) is 11.3 Å². The van der Waals surface area contributed by atoms with Gasteiger partial charge in [-0.1, -0.05) is 12.1 Å². The maximum absolute atomic E-state index is 12.7. The van der Waals surface area contributed by atoms with Gasteiger partial charge in [-0.05, 0) is 44.2 Å². The van der Waals surface area contributed by atoms with Crippen LogP contribution in [0.5, 0.6) is 5.75 Å². The van der Waals surface area contributed by atoms with Gasteiger partial charge in [-0.15, -0.1) is 11.3 Å². The van der Waals surface area contributed by atoms with Crippen molar-refractivity contribution < 1.29 is 13.9 Å². The summed E-state index contributed by atoms with van der Waals surface area (Å²) in [7, 11) is 1.61. The molecule has 0 radical (unpaired) electrons. The number of ether oxygens (including phenoxy) is 1. The lowest BCUT2D eigenvalue weighted by Gasteiger charge is -2.05. The number of rotatable bonds is 4. The molecule has 4 rings (SSSR count). The number of methoxy groups -OCH3 is 1. The second-order valence-electron chi connectivity index (χ2n) is 6.20. The summed E-state index contributed by atoms with van der Waals surface area (Å²) in [4.78, 5) is 17.1. The van der Waals surface area contributed by atoms with E-state index in [9.17, 15) is 4.79 Å². The predicted octanol–water partition coefficient (Wildman–Crippen LogP) is 5.43. The Bertz CT molecular complexity index is 1130. The third kappa shape index (κ3) is 3.31. The molecule has 27 heavy (non-hydrogen) atoms. The van der Waals surface area contributed by atoms with Gasteiger partial charge in [-0.2, -0.15) is 0 Å². The topological polar surface area (TPSA) is 64.4 Å². The minimum atomic E-state index is -0.278. The zero-order valence-corrected chi connectivity index (χ0v) is 16.0. The first-order valence-corrected chi connectivity index (χ1v) is 9.34. The Labute approximate surface area is 160 Å². The number of aromatic nitrogens is 1. The number of thiazole rings is 1. The van der Waals surface area contributed by atoms with Crippen molar-refractivity contribution in [3.63, 3.8) is 0 Å². The highest BCUT2D eigenvalue weighted by atomic mass is 32.1. The molecule has 0 fully saturated rings. The van der Waals surface area contributed by atoms with Crippen LogP contribution >= 0.6 is 11.3 Å². The molecular weight excluding hydrogens is 360 g/mol. The van der Waals surface area contributed by atoms with Gasteiger partial charge in [0.25, 0.3) is 5.91 Å². The first-order chi connectivity index (χ1) is 13.0. The van der Waals surface area contributed by atoms with Crippen molar-refractivity contribution in [2.24, 2.45) is 0 Å². The fourth-order valence-electron chi connectivity index (χ4n) is 2.95. The quantitative estimate of drug-likeness (QED) is 0.514. The van der Waals surface area contributed by atoms with Crippen LogP contribution in [0.1, 0.15) is 21.1 Å². The average molecular weight is 378 g/mol. The third-order valence-electron chi connectivity index (χ3n) is 4.41. The second-order valence-corrected chi connectivity index (χ2v) is 7.26. The molecular formula is C21H18N2O3S. The van der Waals surface area contributed by atoms with Crippen LogP contribution in [0.25, 0.3) is 22.2 Å². The highest BCUT2D eigenvalue weighted by Crippen LogP contribution is 2.29. The Morgan fingerprint density at radius 2 is 1.93 bits per heavy atom. The molecule has 5 nitrogen and oxygen atoms in total. The van der Waals surface area contributed by atoms with Crippen LogP contribution in [0.3, 0.4) is 0 Å². The Morgan fingerprint density at radius 3 is 2.59 bits per heavy atom. The molecule has 0 saturated heterocycles. The molecule has 1 N–H and O–H groups in total. The van der Waals surface area contributed by atoms with E-state index in [4.69, 9.17) is 9.15 Å². The minimum absolute atomic E-state index is 0.278. The first-order valence-electron chi connectivity index (χ1n) is 8.46. The summed E-state index contributed by atoms with van der Waals surface area (Å²) in [6.45, 7) is 3.85. The maximum atomic E-state index is 12.7. The van der Waals surface area contributed by atoms with Crippen molar-refractivity contribution in [3.8, 4) is 17.0 Å². The molecule has 0 saturated carbocycles. The normalized spacial score (nSPS) is 10.9. The fourth-order valence-corrected chi connectivity index (χ4v) is 3.57. The Morgan fingerprint density at radius 1 is 1.15 bits per heavy atom. The summed E-state index contributed by atoms with van der Waals surface area (Å²) in [6, 6.07) is 13.1. The Kier molecular flexibility index (Phi) is 4.41. The summed E-state index contributed by atoms with van der Waals surface area (Å²) in [6.07, 6.45) is 0. The lowest BCUT2D eigenvalue weighted by molar-refractivity contribution is 0.0998. The number of hydrogen-bond donors (Lipinski definition) is 1. The molecule has 2 heterocycles. The molecule has 136 valence electrons. The zero-order valence-electron chi connectivity index (χ0n) is 15.2. The standard InChI is InChI=1S/C21H18N2O3S/c1-12-17-10-16(25-3)8-9-19(17)26-20(12)21(24)23-15-6-4-14(5-7-15)18-11-27-13(2)22-18/h4-11H,1-3H3,(H,23,24). The van der Waals surface area contributed by atoms with Gasteiger partial charge in [0.2, 0.25) is 0 Å². The third-order valence-corrected chi connectivity index (χ3v) is 5.18.